The van der Waals surface area contributed by atoms with Crippen LogP contribution in [0, 0.1) is 21.4 Å². The first-order chi connectivity index (χ1) is 16.3. The number of fused-ring (bicyclic) bond motifs is 5. The van der Waals surface area contributed by atoms with E-state index in [0.29, 0.717) is 25.0 Å². The lowest BCUT2D eigenvalue weighted by atomic mass is 10.1. The Hall–Kier alpha value is -3.09. The van der Waals surface area contributed by atoms with E-state index < -0.39 is 10.8 Å². The van der Waals surface area contributed by atoms with Gasteiger partial charge in [-0.15, -0.1) is 11.3 Å². The van der Waals surface area contributed by atoms with E-state index in [0.717, 1.165) is 45.9 Å². The number of amides is 1. The Morgan fingerprint density at radius 3 is 2.94 bits per heavy atom. The zero-order chi connectivity index (χ0) is 24.4. The van der Waals surface area contributed by atoms with Gasteiger partial charge in [0.15, 0.2) is 0 Å². The monoisotopic (exact) mass is 547 g/mol. The van der Waals surface area contributed by atoms with E-state index in [1.807, 2.05) is 22.8 Å². The number of anilines is 1. The van der Waals surface area contributed by atoms with Crippen molar-refractivity contribution in [3.8, 4) is 0 Å². The predicted octanol–water partition coefficient (Wildman–Crippen LogP) is 3.98. The maximum atomic E-state index is 13.2. The van der Waals surface area contributed by atoms with Crippen molar-refractivity contribution in [3.63, 3.8) is 0 Å². The number of thiophene rings is 1. The van der Waals surface area contributed by atoms with Crippen LogP contribution >= 0.6 is 27.3 Å². The topological polar surface area (TPSA) is 140 Å². The molecule has 1 aliphatic heterocycles. The highest BCUT2D eigenvalue weighted by atomic mass is 79.9. The van der Waals surface area contributed by atoms with Crippen LogP contribution in [0.2, 0.25) is 0 Å². The van der Waals surface area contributed by atoms with Gasteiger partial charge in [0.05, 0.1) is 34.5 Å². The lowest BCUT2D eigenvalue weighted by molar-refractivity contribution is -0.604. The SMILES string of the molecule is C[NH2+]/C1=C(\C=N)c2sc(cc2[N+](=O)[O-])C(=O)Nc2nc3ccc(Br)cc3n2C[C@H](C)CCCO1. The molecule has 1 amide bonds. The zero-order valence-corrected chi connectivity index (χ0v) is 21.0. The van der Waals surface area contributed by atoms with Crippen LogP contribution in [0.1, 0.15) is 34.3 Å². The summed E-state index contributed by atoms with van der Waals surface area (Å²) in [5.74, 6) is 0.553. The molecular weight excluding hydrogens is 524 g/mol. The molecule has 0 aliphatic carbocycles. The summed E-state index contributed by atoms with van der Waals surface area (Å²) in [5.41, 5.74) is 1.66. The highest BCUT2D eigenvalue weighted by Crippen LogP contribution is 2.36. The van der Waals surface area contributed by atoms with Gasteiger partial charge in [0.1, 0.15) is 10.5 Å². The molecule has 2 aromatic heterocycles. The van der Waals surface area contributed by atoms with Gasteiger partial charge >= 0.3 is 0 Å². The second-order valence-corrected chi connectivity index (χ2v) is 9.99. The van der Waals surface area contributed by atoms with Gasteiger partial charge in [-0.25, -0.2) is 4.98 Å². The number of allylic oxidation sites excluding steroid dienone is 1. The summed E-state index contributed by atoms with van der Waals surface area (Å²) < 4.78 is 8.79. The zero-order valence-electron chi connectivity index (χ0n) is 18.6. The summed E-state index contributed by atoms with van der Waals surface area (Å²) in [4.78, 5) is 29.4. The van der Waals surface area contributed by atoms with Crippen molar-refractivity contribution >= 4 is 67.6 Å². The fourth-order valence-corrected chi connectivity index (χ4v) is 5.33. The van der Waals surface area contributed by atoms with E-state index in [1.165, 1.54) is 6.07 Å². The summed E-state index contributed by atoms with van der Waals surface area (Å²) >= 11 is 4.46. The normalized spacial score (nSPS) is 19.5. The van der Waals surface area contributed by atoms with Crippen LogP contribution in [-0.4, -0.2) is 40.3 Å². The molecule has 2 bridgehead atoms. The van der Waals surface area contributed by atoms with Crippen LogP contribution in [0.25, 0.3) is 16.6 Å². The van der Waals surface area contributed by atoms with Crippen molar-refractivity contribution in [3.05, 3.63) is 54.5 Å². The molecule has 0 saturated heterocycles. The Kier molecular flexibility index (Phi) is 7.10. The number of rotatable bonds is 3. The molecular formula is C22H24BrN6O4S+. The second-order valence-electron chi connectivity index (χ2n) is 8.02. The van der Waals surface area contributed by atoms with Gasteiger partial charge < -0.3 is 14.7 Å². The average molecular weight is 548 g/mol. The number of halogens is 1. The first-order valence-corrected chi connectivity index (χ1v) is 12.4. The number of carbonyl (C=O) groups excluding carboxylic acids is 1. The maximum absolute atomic E-state index is 13.2. The Morgan fingerprint density at radius 2 is 2.24 bits per heavy atom. The number of nitrogens with one attached hydrogen (secondary N) is 2. The summed E-state index contributed by atoms with van der Waals surface area (Å²) in [6, 6.07) is 6.96. The smallest absolute Gasteiger partial charge is 0.298 e. The number of hydrogen-bond acceptors (Lipinski definition) is 7. The molecule has 0 spiro atoms. The van der Waals surface area contributed by atoms with Gasteiger partial charge in [-0.2, -0.15) is 0 Å². The van der Waals surface area contributed by atoms with Gasteiger partial charge in [0.2, 0.25) is 5.95 Å². The molecule has 0 unspecified atom stereocenters. The number of nitro groups is 1. The maximum Gasteiger partial charge on any atom is 0.298 e. The number of imidazole rings is 1. The molecule has 3 heterocycles. The summed E-state index contributed by atoms with van der Waals surface area (Å²) in [7, 11) is 1.75. The number of ether oxygens (including phenoxy) is 1. The van der Waals surface area contributed by atoms with Crippen molar-refractivity contribution in [1.29, 1.82) is 5.41 Å². The van der Waals surface area contributed by atoms with Crippen molar-refractivity contribution < 1.29 is 19.8 Å². The molecule has 1 aliphatic rings. The van der Waals surface area contributed by atoms with Crippen LogP contribution < -0.4 is 10.6 Å². The first-order valence-electron chi connectivity index (χ1n) is 10.7. The molecule has 4 rings (SSSR count). The van der Waals surface area contributed by atoms with Crippen LogP contribution in [0.3, 0.4) is 0 Å². The molecule has 0 saturated carbocycles. The van der Waals surface area contributed by atoms with Crippen LogP contribution in [0.4, 0.5) is 11.6 Å². The number of aromatic nitrogens is 2. The fourth-order valence-electron chi connectivity index (χ4n) is 3.94. The van der Waals surface area contributed by atoms with E-state index in [2.05, 4.69) is 33.2 Å². The minimum atomic E-state index is -0.545. The molecule has 0 fully saturated rings. The fraction of sp³-hybridized carbons (Fsp3) is 0.318. The Bertz CT molecular complexity index is 1310. The van der Waals surface area contributed by atoms with E-state index in [-0.39, 0.29) is 26.9 Å². The quantitative estimate of drug-likeness (QED) is 0.258. The molecule has 3 aromatic rings. The van der Waals surface area contributed by atoms with Crippen molar-refractivity contribution in [1.82, 2.24) is 9.55 Å². The first kappa shape index (κ1) is 24.0. The summed E-state index contributed by atoms with van der Waals surface area (Å²) in [6.45, 7) is 3.17. The van der Waals surface area contributed by atoms with Gasteiger partial charge in [-0.05, 0) is 37.0 Å². The third-order valence-electron chi connectivity index (χ3n) is 5.58. The highest BCUT2D eigenvalue weighted by Gasteiger charge is 2.29. The number of quaternary nitrogens is 1. The number of carbonyl (C=O) groups is 1. The van der Waals surface area contributed by atoms with E-state index in [4.69, 9.17) is 10.1 Å². The van der Waals surface area contributed by atoms with Crippen LogP contribution in [0.5, 0.6) is 0 Å². The average Bonchev–Trinajstić information content (AvgIpc) is 3.38. The Balaban J connectivity index is 1.86. The molecule has 10 nitrogen and oxygen atoms in total. The minimum Gasteiger partial charge on any atom is -0.451 e. The third kappa shape index (κ3) is 4.74. The number of nitrogens with zero attached hydrogens (tertiary/aromatic N) is 3. The lowest BCUT2D eigenvalue weighted by Gasteiger charge is -2.16. The van der Waals surface area contributed by atoms with Crippen molar-refractivity contribution in [2.75, 3.05) is 19.0 Å². The highest BCUT2D eigenvalue weighted by molar-refractivity contribution is 9.10. The molecule has 0 radical (unpaired) electrons. The minimum absolute atomic E-state index is 0.152. The number of benzene rings is 1. The number of nitrogens with two attached hydrogens (primary N) is 1. The van der Waals surface area contributed by atoms with E-state index in [9.17, 15) is 14.9 Å². The molecule has 178 valence electrons. The van der Waals surface area contributed by atoms with Crippen molar-refractivity contribution in [2.45, 2.75) is 26.3 Å². The third-order valence-corrected chi connectivity index (χ3v) is 7.23. The molecule has 12 heteroatoms. The molecule has 1 atom stereocenters. The predicted molar refractivity (Wildman–Crippen MR) is 134 cm³/mol. The molecule has 1 aromatic carbocycles. The Labute approximate surface area is 207 Å². The summed E-state index contributed by atoms with van der Waals surface area (Å²) in [5, 5.41) is 24.2. The van der Waals surface area contributed by atoms with Crippen molar-refractivity contribution in [2.24, 2.45) is 5.92 Å². The van der Waals surface area contributed by atoms with Gasteiger partial charge in [0, 0.05) is 23.3 Å². The number of hydrogen-bond donors (Lipinski definition) is 3. The van der Waals surface area contributed by atoms with Gasteiger partial charge in [-0.3, -0.25) is 25.5 Å². The van der Waals surface area contributed by atoms with E-state index in [1.54, 1.807) is 12.4 Å². The standard InChI is InChI=1S/C22H23BrN6O4S/c1-12-4-3-7-33-21(25-2)14(10-24)19-17(29(31)32)9-18(34-19)20(30)27-22-26-15-6-5-13(23)8-16(15)28(22)11-12/h5-6,8-10,12,24-25H,3-4,7,11H2,1-2H3,(H,26,27,30)/p+1/b21-14-,24-10?/t12-/m1/s1. The van der Waals surface area contributed by atoms with Crippen LogP contribution in [-0.2, 0) is 11.3 Å². The van der Waals surface area contributed by atoms with Crippen LogP contribution in [0.15, 0.2) is 34.6 Å². The molecule has 34 heavy (non-hydrogen) atoms. The largest absolute Gasteiger partial charge is 0.451 e. The Morgan fingerprint density at radius 1 is 1.44 bits per heavy atom. The summed E-state index contributed by atoms with van der Waals surface area (Å²) in [6.07, 6.45) is 2.66. The lowest BCUT2D eigenvalue weighted by Crippen LogP contribution is -2.78. The van der Waals surface area contributed by atoms with Gasteiger partial charge in [0.25, 0.3) is 17.5 Å². The molecule has 4 N–H and O–H groups in total. The van der Waals surface area contributed by atoms with E-state index >= 15 is 0 Å². The van der Waals surface area contributed by atoms with Gasteiger partial charge in [-0.1, -0.05) is 22.9 Å². The second kappa shape index (κ2) is 10.0.